The van der Waals surface area contributed by atoms with Crippen LogP contribution >= 0.6 is 27.7 Å². The normalized spacial score (nSPS) is 19.5. The van der Waals surface area contributed by atoms with Gasteiger partial charge in [0.05, 0.1) is 5.75 Å². The van der Waals surface area contributed by atoms with Crippen LogP contribution in [0.4, 0.5) is 0 Å². The third-order valence-corrected chi connectivity index (χ3v) is 5.12. The van der Waals surface area contributed by atoms with Crippen molar-refractivity contribution in [1.82, 2.24) is 4.90 Å². The highest BCUT2D eigenvalue weighted by atomic mass is 79.9. The predicted molar refractivity (Wildman–Crippen MR) is 84.5 cm³/mol. The molecule has 2 rings (SSSR count). The number of carbonyl (C=O) groups excluding carboxylic acids is 1. The van der Waals surface area contributed by atoms with Gasteiger partial charge in [-0.05, 0) is 49.9 Å². The van der Waals surface area contributed by atoms with Crippen LogP contribution in [0.15, 0.2) is 33.6 Å². The molecular formula is C15H20BrNOS. The van der Waals surface area contributed by atoms with Crippen molar-refractivity contribution in [3.63, 3.8) is 0 Å². The average Bonchev–Trinajstić information content (AvgIpc) is 2.46. The summed E-state index contributed by atoms with van der Waals surface area (Å²) in [4.78, 5) is 15.6. The lowest BCUT2D eigenvalue weighted by atomic mass is 10.0. The SMILES string of the molecule is CC[C@@H]1CCCCN1C(=O)CSc1ccc(Br)cc1. The number of rotatable bonds is 4. The minimum absolute atomic E-state index is 0.291. The quantitative estimate of drug-likeness (QED) is 0.759. The van der Waals surface area contributed by atoms with Crippen LogP contribution in [0.5, 0.6) is 0 Å². The Morgan fingerprint density at radius 3 is 2.79 bits per heavy atom. The van der Waals surface area contributed by atoms with Gasteiger partial charge in [-0.2, -0.15) is 0 Å². The van der Waals surface area contributed by atoms with Gasteiger partial charge < -0.3 is 4.90 Å². The van der Waals surface area contributed by atoms with Crippen molar-refractivity contribution in [3.05, 3.63) is 28.7 Å². The molecule has 0 aromatic heterocycles. The topological polar surface area (TPSA) is 20.3 Å². The average molecular weight is 342 g/mol. The highest BCUT2D eigenvalue weighted by Crippen LogP contribution is 2.24. The van der Waals surface area contributed by atoms with Crippen LogP contribution in [-0.2, 0) is 4.79 Å². The molecule has 0 N–H and O–H groups in total. The summed E-state index contributed by atoms with van der Waals surface area (Å²) in [5.74, 6) is 0.845. The van der Waals surface area contributed by atoms with Crippen LogP contribution in [0, 0.1) is 0 Å². The standard InChI is InChI=1S/C15H20BrNOS/c1-2-13-5-3-4-10-17(13)15(18)11-19-14-8-6-12(16)7-9-14/h6-9,13H,2-5,10-11H2,1H3/t13-/m1/s1. The summed E-state index contributed by atoms with van der Waals surface area (Å²) in [6.45, 7) is 3.12. The van der Waals surface area contributed by atoms with Crippen LogP contribution in [0.25, 0.3) is 0 Å². The molecule has 104 valence electrons. The molecule has 1 amide bonds. The lowest BCUT2D eigenvalue weighted by Crippen LogP contribution is -2.44. The van der Waals surface area contributed by atoms with Crippen LogP contribution in [0.3, 0.4) is 0 Å². The van der Waals surface area contributed by atoms with Crippen molar-refractivity contribution in [2.75, 3.05) is 12.3 Å². The summed E-state index contributed by atoms with van der Waals surface area (Å²) in [6, 6.07) is 8.60. The van der Waals surface area contributed by atoms with Gasteiger partial charge in [-0.15, -0.1) is 11.8 Å². The largest absolute Gasteiger partial charge is 0.339 e. The number of benzene rings is 1. The van der Waals surface area contributed by atoms with E-state index >= 15 is 0 Å². The van der Waals surface area contributed by atoms with Gasteiger partial charge in [0.2, 0.25) is 5.91 Å². The van der Waals surface area contributed by atoms with Crippen LogP contribution in [0.2, 0.25) is 0 Å². The summed E-state index contributed by atoms with van der Waals surface area (Å²) < 4.78 is 1.07. The first-order valence-corrected chi connectivity index (χ1v) is 8.66. The molecule has 1 fully saturated rings. The molecule has 0 bridgehead atoms. The molecule has 1 aromatic carbocycles. The number of hydrogen-bond donors (Lipinski definition) is 0. The molecule has 0 saturated carbocycles. The zero-order valence-corrected chi connectivity index (χ0v) is 13.7. The smallest absolute Gasteiger partial charge is 0.233 e. The van der Waals surface area contributed by atoms with Crippen molar-refractivity contribution in [3.8, 4) is 0 Å². The lowest BCUT2D eigenvalue weighted by Gasteiger charge is -2.35. The Morgan fingerprint density at radius 2 is 2.11 bits per heavy atom. The molecule has 1 aliphatic heterocycles. The molecule has 1 atom stereocenters. The van der Waals surface area contributed by atoms with E-state index in [4.69, 9.17) is 0 Å². The van der Waals surface area contributed by atoms with Gasteiger partial charge in [-0.25, -0.2) is 0 Å². The van der Waals surface area contributed by atoms with Crippen molar-refractivity contribution < 1.29 is 4.79 Å². The van der Waals surface area contributed by atoms with E-state index in [0.29, 0.717) is 17.7 Å². The Kier molecular flexibility index (Phi) is 5.76. The van der Waals surface area contributed by atoms with Gasteiger partial charge in [0.1, 0.15) is 0 Å². The highest BCUT2D eigenvalue weighted by Gasteiger charge is 2.24. The van der Waals surface area contributed by atoms with Gasteiger partial charge in [0.15, 0.2) is 0 Å². The molecule has 1 saturated heterocycles. The lowest BCUT2D eigenvalue weighted by molar-refractivity contribution is -0.132. The first-order valence-electron chi connectivity index (χ1n) is 6.88. The van der Waals surface area contributed by atoms with Crippen molar-refractivity contribution in [2.45, 2.75) is 43.5 Å². The van der Waals surface area contributed by atoms with E-state index < -0.39 is 0 Å². The van der Waals surface area contributed by atoms with E-state index in [1.54, 1.807) is 11.8 Å². The summed E-state index contributed by atoms with van der Waals surface area (Å²) in [5.41, 5.74) is 0. The summed E-state index contributed by atoms with van der Waals surface area (Å²) in [6.07, 6.45) is 4.67. The van der Waals surface area contributed by atoms with Gasteiger partial charge >= 0.3 is 0 Å². The maximum atomic E-state index is 12.3. The minimum atomic E-state index is 0.291. The van der Waals surface area contributed by atoms with Gasteiger partial charge in [-0.1, -0.05) is 22.9 Å². The summed E-state index contributed by atoms with van der Waals surface area (Å²) >= 11 is 5.05. The molecule has 1 heterocycles. The van der Waals surface area contributed by atoms with E-state index in [0.717, 1.165) is 28.8 Å². The van der Waals surface area contributed by atoms with Crippen molar-refractivity contribution in [1.29, 1.82) is 0 Å². The summed E-state index contributed by atoms with van der Waals surface area (Å²) in [5, 5.41) is 0. The third kappa shape index (κ3) is 4.25. The molecule has 0 unspecified atom stereocenters. The number of nitrogens with zero attached hydrogens (tertiary/aromatic N) is 1. The second kappa shape index (κ2) is 7.34. The Balaban J connectivity index is 1.87. The molecule has 19 heavy (non-hydrogen) atoms. The van der Waals surface area contributed by atoms with Gasteiger partial charge in [0.25, 0.3) is 0 Å². The maximum absolute atomic E-state index is 12.3. The number of piperidine rings is 1. The maximum Gasteiger partial charge on any atom is 0.233 e. The molecule has 2 nitrogen and oxygen atoms in total. The minimum Gasteiger partial charge on any atom is -0.339 e. The molecule has 0 aliphatic carbocycles. The van der Waals surface area contributed by atoms with Crippen molar-refractivity contribution in [2.24, 2.45) is 0 Å². The first kappa shape index (κ1) is 14.9. The third-order valence-electron chi connectivity index (χ3n) is 3.59. The predicted octanol–water partition coefficient (Wildman–Crippen LogP) is 4.33. The first-order chi connectivity index (χ1) is 9.20. The molecule has 0 radical (unpaired) electrons. The Labute approximate surface area is 128 Å². The zero-order valence-electron chi connectivity index (χ0n) is 11.3. The van der Waals surface area contributed by atoms with Gasteiger partial charge in [-0.3, -0.25) is 4.79 Å². The van der Waals surface area contributed by atoms with E-state index in [1.165, 1.54) is 12.8 Å². The van der Waals surface area contributed by atoms with Crippen LogP contribution in [0.1, 0.15) is 32.6 Å². The van der Waals surface area contributed by atoms with Crippen LogP contribution < -0.4 is 0 Å². The molecule has 1 aliphatic rings. The van der Waals surface area contributed by atoms with Crippen molar-refractivity contribution >= 4 is 33.6 Å². The zero-order chi connectivity index (χ0) is 13.7. The fourth-order valence-electron chi connectivity index (χ4n) is 2.51. The molecular weight excluding hydrogens is 322 g/mol. The van der Waals surface area contributed by atoms with E-state index in [1.807, 2.05) is 12.1 Å². The molecule has 0 spiro atoms. The van der Waals surface area contributed by atoms with E-state index in [9.17, 15) is 4.79 Å². The Morgan fingerprint density at radius 1 is 1.37 bits per heavy atom. The van der Waals surface area contributed by atoms with Gasteiger partial charge in [0, 0.05) is 22.0 Å². The Hall–Kier alpha value is -0.480. The Bertz CT molecular complexity index is 421. The number of thioether (sulfide) groups is 1. The number of amides is 1. The fraction of sp³-hybridized carbons (Fsp3) is 0.533. The number of likely N-dealkylation sites (tertiary alicyclic amines) is 1. The summed E-state index contributed by atoms with van der Waals surface area (Å²) in [7, 11) is 0. The highest BCUT2D eigenvalue weighted by molar-refractivity contribution is 9.10. The molecule has 4 heteroatoms. The molecule has 1 aromatic rings. The van der Waals surface area contributed by atoms with E-state index in [-0.39, 0.29) is 0 Å². The van der Waals surface area contributed by atoms with E-state index in [2.05, 4.69) is 39.9 Å². The number of hydrogen-bond acceptors (Lipinski definition) is 2. The second-order valence-electron chi connectivity index (χ2n) is 4.89. The van der Waals surface area contributed by atoms with Crippen LogP contribution in [-0.4, -0.2) is 29.1 Å². The number of halogens is 1. The monoisotopic (exact) mass is 341 g/mol. The fourth-order valence-corrected chi connectivity index (χ4v) is 3.56. The second-order valence-corrected chi connectivity index (χ2v) is 6.85. The number of carbonyl (C=O) groups is 1.